The number of rotatable bonds is 0. The Kier molecular flexibility index (Phi) is 1.83. The van der Waals surface area contributed by atoms with Crippen molar-refractivity contribution in [2.45, 2.75) is 6.92 Å². The van der Waals surface area contributed by atoms with E-state index in [1.807, 2.05) is 31.2 Å². The van der Waals surface area contributed by atoms with Crippen molar-refractivity contribution in [1.29, 1.82) is 0 Å². The van der Waals surface area contributed by atoms with Gasteiger partial charge in [0.2, 0.25) is 0 Å². The Bertz CT molecular complexity index is 726. The smallest absolute Gasteiger partial charge is 0.263 e. The Hall–Kier alpha value is -2.42. The second kappa shape index (κ2) is 3.32. The van der Waals surface area contributed by atoms with Crippen LogP contribution in [0.2, 0.25) is 0 Å². The van der Waals surface area contributed by atoms with Gasteiger partial charge in [0.15, 0.2) is 0 Å². The first kappa shape index (κ1) is 10.5. The van der Waals surface area contributed by atoms with E-state index in [9.17, 15) is 4.79 Å². The monoisotopic (exact) mass is 248 g/mol. The number of aliphatic imine (C=N–C) groups is 1. The van der Waals surface area contributed by atoms with Crippen LogP contribution in [0.4, 0.5) is 0 Å². The maximum Gasteiger partial charge on any atom is 0.263 e. The molecule has 1 amide bonds. The van der Waals surface area contributed by atoms with Crippen molar-refractivity contribution < 1.29 is 4.79 Å². The number of fused-ring (bicyclic) bond motifs is 2. The van der Waals surface area contributed by atoms with Gasteiger partial charge in [-0.2, -0.15) is 0 Å². The van der Waals surface area contributed by atoms with Gasteiger partial charge >= 0.3 is 0 Å². The van der Waals surface area contributed by atoms with Gasteiger partial charge in [-0.05, 0) is 24.6 Å². The first-order valence-corrected chi connectivity index (χ1v) is 6.28. The maximum absolute atomic E-state index is 12.3. The first-order valence-electron chi connectivity index (χ1n) is 6.28. The summed E-state index contributed by atoms with van der Waals surface area (Å²) in [6, 6.07) is 0. The number of carbonyl (C=O) groups excluding carboxylic acids is 1. The van der Waals surface area contributed by atoms with Gasteiger partial charge in [-0.3, -0.25) is 9.69 Å². The fourth-order valence-electron chi connectivity index (χ4n) is 2.94. The second-order valence-electron chi connectivity index (χ2n) is 5.01. The summed E-state index contributed by atoms with van der Waals surface area (Å²) in [5.74, 6) is 0.765. The molecule has 1 unspecified atom stereocenters. The van der Waals surface area contributed by atoms with Crippen LogP contribution >= 0.6 is 0 Å². The molecule has 2 aliphatic heterocycles. The summed E-state index contributed by atoms with van der Waals surface area (Å²) in [6.45, 7) is 5.77. The molecule has 0 N–H and O–H groups in total. The molecule has 0 aromatic heterocycles. The topological polar surface area (TPSA) is 32.7 Å². The van der Waals surface area contributed by atoms with Crippen molar-refractivity contribution in [3.8, 4) is 0 Å². The molecule has 19 heavy (non-hydrogen) atoms. The predicted octanol–water partition coefficient (Wildman–Crippen LogP) is 2.64. The van der Waals surface area contributed by atoms with E-state index in [-0.39, 0.29) is 11.8 Å². The summed E-state index contributed by atoms with van der Waals surface area (Å²) in [5.41, 5.74) is 4.59. The highest BCUT2D eigenvalue weighted by Crippen LogP contribution is 2.43. The van der Waals surface area contributed by atoms with E-state index in [2.05, 4.69) is 23.7 Å². The minimum Gasteiger partial charge on any atom is -0.268 e. The fourth-order valence-corrected chi connectivity index (χ4v) is 2.94. The molecule has 0 aromatic carbocycles. The minimum atomic E-state index is -0.0502. The quantitative estimate of drug-likeness (QED) is 0.606. The molecule has 4 rings (SSSR count). The summed E-state index contributed by atoms with van der Waals surface area (Å²) >= 11 is 0. The molecule has 0 bridgehead atoms. The van der Waals surface area contributed by atoms with E-state index >= 15 is 0 Å². The third kappa shape index (κ3) is 1.17. The van der Waals surface area contributed by atoms with Gasteiger partial charge in [-0.15, -0.1) is 0 Å². The molecular formula is C16H12N2O. The molecule has 3 heteroatoms. The Morgan fingerprint density at radius 3 is 2.89 bits per heavy atom. The Morgan fingerprint density at radius 2 is 2.05 bits per heavy atom. The van der Waals surface area contributed by atoms with E-state index in [0.717, 1.165) is 22.8 Å². The summed E-state index contributed by atoms with van der Waals surface area (Å²) < 4.78 is 0. The Labute approximate surface area is 111 Å². The van der Waals surface area contributed by atoms with Crippen LogP contribution < -0.4 is 0 Å². The van der Waals surface area contributed by atoms with Crippen molar-refractivity contribution >= 4 is 11.6 Å². The third-order valence-corrected chi connectivity index (χ3v) is 3.99. The first-order chi connectivity index (χ1) is 9.18. The lowest BCUT2D eigenvalue weighted by Crippen LogP contribution is -2.37. The van der Waals surface area contributed by atoms with Crippen LogP contribution in [0.15, 0.2) is 76.3 Å². The molecule has 0 saturated carbocycles. The van der Waals surface area contributed by atoms with E-state index < -0.39 is 0 Å². The van der Waals surface area contributed by atoms with Crippen molar-refractivity contribution in [3.05, 3.63) is 71.3 Å². The maximum atomic E-state index is 12.3. The number of hydrogen-bond acceptors (Lipinski definition) is 2. The van der Waals surface area contributed by atoms with Gasteiger partial charge in [-0.1, -0.05) is 30.9 Å². The lowest BCUT2D eigenvalue weighted by Gasteiger charge is -2.36. The van der Waals surface area contributed by atoms with Gasteiger partial charge in [-0.25, -0.2) is 4.99 Å². The highest BCUT2D eigenvalue weighted by molar-refractivity contribution is 6.10. The predicted molar refractivity (Wildman–Crippen MR) is 74.1 cm³/mol. The van der Waals surface area contributed by atoms with Crippen molar-refractivity contribution in [2.75, 3.05) is 0 Å². The lowest BCUT2D eigenvalue weighted by molar-refractivity contribution is -0.122. The average molecular weight is 248 g/mol. The minimum absolute atomic E-state index is 0.0502. The summed E-state index contributed by atoms with van der Waals surface area (Å²) in [6.07, 6.45) is 12.2. The van der Waals surface area contributed by atoms with E-state index in [0.29, 0.717) is 5.57 Å². The van der Waals surface area contributed by atoms with Crippen molar-refractivity contribution in [2.24, 2.45) is 10.9 Å². The molecule has 0 aromatic rings. The largest absolute Gasteiger partial charge is 0.268 e. The molecule has 0 saturated heterocycles. The zero-order chi connectivity index (χ0) is 13.1. The van der Waals surface area contributed by atoms with Crippen molar-refractivity contribution in [3.63, 3.8) is 0 Å². The molecule has 92 valence electrons. The van der Waals surface area contributed by atoms with Crippen LogP contribution in [-0.4, -0.2) is 16.5 Å². The van der Waals surface area contributed by atoms with Crippen LogP contribution in [0, 0.1) is 5.92 Å². The van der Waals surface area contributed by atoms with Crippen molar-refractivity contribution in [1.82, 2.24) is 4.90 Å². The number of carbonyl (C=O) groups is 1. The molecule has 0 fully saturated rings. The van der Waals surface area contributed by atoms with Crippen LogP contribution in [0.25, 0.3) is 0 Å². The highest BCUT2D eigenvalue weighted by atomic mass is 16.2. The molecule has 4 aliphatic rings. The number of amides is 1. The standard InChI is InChI=1S/C16H12N2O/c1-9-10(2)16(19)18-13-8-4-6-11-5-3-7-12(14(11)13)17-15(9)18/h3-8,14H,2H2,1H3. The van der Waals surface area contributed by atoms with Gasteiger partial charge in [0.25, 0.3) is 5.91 Å². The van der Waals surface area contributed by atoms with Crippen LogP contribution in [0.5, 0.6) is 0 Å². The van der Waals surface area contributed by atoms with E-state index in [4.69, 9.17) is 0 Å². The molecule has 0 spiro atoms. The zero-order valence-corrected chi connectivity index (χ0v) is 10.6. The summed E-state index contributed by atoms with van der Waals surface area (Å²) in [4.78, 5) is 18.7. The average Bonchev–Trinajstić information content (AvgIpc) is 2.65. The number of nitrogens with zero attached hydrogens (tertiary/aromatic N) is 2. The SMILES string of the molecule is C=C1C(=O)N2C3=CC=CC4=CC=CC(=NC2=C1C)C43. The van der Waals surface area contributed by atoms with Gasteiger partial charge < -0.3 is 0 Å². The van der Waals surface area contributed by atoms with Crippen LogP contribution in [0.3, 0.4) is 0 Å². The van der Waals surface area contributed by atoms with Gasteiger partial charge in [0.05, 0.1) is 11.6 Å². The summed E-state index contributed by atoms with van der Waals surface area (Å²) in [5, 5.41) is 0. The number of hydrogen-bond donors (Lipinski definition) is 0. The highest BCUT2D eigenvalue weighted by Gasteiger charge is 2.42. The molecule has 3 nitrogen and oxygen atoms in total. The van der Waals surface area contributed by atoms with E-state index in [1.54, 1.807) is 4.90 Å². The van der Waals surface area contributed by atoms with Crippen LogP contribution in [0.1, 0.15) is 6.92 Å². The number of allylic oxidation sites excluding steroid dienone is 7. The van der Waals surface area contributed by atoms with Crippen LogP contribution in [-0.2, 0) is 4.79 Å². The van der Waals surface area contributed by atoms with E-state index in [1.165, 1.54) is 5.57 Å². The summed E-state index contributed by atoms with van der Waals surface area (Å²) in [7, 11) is 0. The lowest BCUT2D eigenvalue weighted by atomic mass is 9.82. The fraction of sp³-hybridized carbons (Fsp3) is 0.125. The molecule has 0 radical (unpaired) electrons. The van der Waals surface area contributed by atoms with Gasteiger partial charge in [0, 0.05) is 16.8 Å². The van der Waals surface area contributed by atoms with Gasteiger partial charge in [0.1, 0.15) is 5.82 Å². The molecule has 1 atom stereocenters. The Morgan fingerprint density at radius 1 is 1.26 bits per heavy atom. The molecular weight excluding hydrogens is 236 g/mol. The Balaban J connectivity index is 2.02. The zero-order valence-electron chi connectivity index (χ0n) is 10.6. The molecule has 2 heterocycles. The third-order valence-electron chi connectivity index (χ3n) is 3.99. The molecule has 2 aliphatic carbocycles. The second-order valence-corrected chi connectivity index (χ2v) is 5.01. The normalized spacial score (nSPS) is 27.1.